The van der Waals surface area contributed by atoms with Crippen molar-refractivity contribution in [1.82, 2.24) is 5.06 Å². The number of hydrogen-bond donors (Lipinski definition) is 1. The molecule has 1 saturated carbocycles. The molecule has 1 aliphatic rings. The lowest BCUT2D eigenvalue weighted by Gasteiger charge is -2.19. The molecule has 0 bridgehead atoms. The third-order valence-electron chi connectivity index (χ3n) is 3.86. The molecule has 0 aromatic heterocycles. The van der Waals surface area contributed by atoms with Gasteiger partial charge in [-0.3, -0.25) is 9.63 Å². The van der Waals surface area contributed by atoms with E-state index < -0.39 is 5.54 Å². The van der Waals surface area contributed by atoms with Crippen LogP contribution in [-0.2, 0) is 14.4 Å². The summed E-state index contributed by atoms with van der Waals surface area (Å²) >= 11 is 0. The third kappa shape index (κ3) is 2.25. The highest BCUT2D eigenvalue weighted by Crippen LogP contribution is 2.56. The van der Waals surface area contributed by atoms with Crippen molar-refractivity contribution in [2.45, 2.75) is 11.5 Å². The maximum Gasteiger partial charge on any atom is 0.266 e. The molecular formula is C14H20N2O3. The number of rotatable bonds is 5. The van der Waals surface area contributed by atoms with Crippen molar-refractivity contribution >= 4 is 5.91 Å². The van der Waals surface area contributed by atoms with Gasteiger partial charge in [-0.2, -0.15) is 0 Å². The zero-order valence-corrected chi connectivity index (χ0v) is 11.5. The first kappa shape index (κ1) is 14.0. The van der Waals surface area contributed by atoms with E-state index in [-0.39, 0.29) is 17.7 Å². The number of hydroxylamine groups is 2. The molecule has 5 heteroatoms. The van der Waals surface area contributed by atoms with Crippen LogP contribution in [0.15, 0.2) is 30.3 Å². The second-order valence-corrected chi connectivity index (χ2v) is 4.87. The first-order valence-corrected chi connectivity index (χ1v) is 6.22. The van der Waals surface area contributed by atoms with Crippen LogP contribution in [-0.4, -0.2) is 44.4 Å². The van der Waals surface area contributed by atoms with E-state index in [1.807, 2.05) is 30.3 Å². The maximum absolute atomic E-state index is 12.3. The number of nitrogens with zero attached hydrogens (tertiary/aromatic N) is 1. The summed E-state index contributed by atoms with van der Waals surface area (Å²) < 4.78 is 5.18. The number of carbonyl (C=O) groups is 1. The second kappa shape index (κ2) is 5.28. The molecule has 0 saturated heterocycles. The number of carbonyl (C=O) groups excluding carboxylic acids is 1. The predicted molar refractivity (Wildman–Crippen MR) is 71.2 cm³/mol. The maximum atomic E-state index is 12.3. The van der Waals surface area contributed by atoms with Crippen molar-refractivity contribution < 1.29 is 14.4 Å². The summed E-state index contributed by atoms with van der Waals surface area (Å²) in [6, 6.07) is 9.81. The standard InChI is InChI=1S/C14H20N2O3/c1-16(19-3)13(17)14(15)11(9-18-2)12(14)10-7-5-4-6-8-10/h4-8,11-12H,9,15H2,1-3H3. The minimum Gasteiger partial charge on any atom is -0.384 e. The van der Waals surface area contributed by atoms with E-state index in [0.717, 1.165) is 5.56 Å². The molecule has 3 atom stereocenters. The lowest BCUT2D eigenvalue weighted by Crippen LogP contribution is -2.46. The first-order chi connectivity index (χ1) is 9.07. The Bertz CT molecular complexity index is 451. The lowest BCUT2D eigenvalue weighted by molar-refractivity contribution is -0.172. The molecular weight excluding hydrogens is 244 g/mol. The fourth-order valence-electron chi connectivity index (χ4n) is 2.71. The van der Waals surface area contributed by atoms with Gasteiger partial charge in [-0.15, -0.1) is 0 Å². The van der Waals surface area contributed by atoms with Gasteiger partial charge in [0, 0.05) is 26.0 Å². The van der Waals surface area contributed by atoms with E-state index in [9.17, 15) is 4.79 Å². The molecule has 0 heterocycles. The van der Waals surface area contributed by atoms with Crippen molar-refractivity contribution in [2.24, 2.45) is 11.7 Å². The molecule has 1 aromatic carbocycles. The smallest absolute Gasteiger partial charge is 0.266 e. The number of methoxy groups -OCH3 is 1. The van der Waals surface area contributed by atoms with E-state index in [4.69, 9.17) is 15.3 Å². The van der Waals surface area contributed by atoms with E-state index >= 15 is 0 Å². The summed E-state index contributed by atoms with van der Waals surface area (Å²) in [5.41, 5.74) is 6.44. The highest BCUT2D eigenvalue weighted by Gasteiger charge is 2.68. The second-order valence-electron chi connectivity index (χ2n) is 4.87. The van der Waals surface area contributed by atoms with Gasteiger partial charge in [0.1, 0.15) is 5.54 Å². The van der Waals surface area contributed by atoms with Crippen LogP contribution in [0.2, 0.25) is 0 Å². The molecule has 19 heavy (non-hydrogen) atoms. The summed E-state index contributed by atoms with van der Waals surface area (Å²) in [6.45, 7) is 0.458. The van der Waals surface area contributed by atoms with Gasteiger partial charge in [0.15, 0.2) is 0 Å². The quantitative estimate of drug-likeness (QED) is 0.798. The number of amides is 1. The van der Waals surface area contributed by atoms with Gasteiger partial charge in [0.2, 0.25) is 0 Å². The van der Waals surface area contributed by atoms with Crippen molar-refractivity contribution in [2.75, 3.05) is 27.9 Å². The number of likely N-dealkylation sites (N-methyl/N-ethyl adjacent to an activating group) is 1. The Kier molecular flexibility index (Phi) is 3.89. The van der Waals surface area contributed by atoms with Gasteiger partial charge in [0.25, 0.3) is 5.91 Å². The topological polar surface area (TPSA) is 64.8 Å². The SMILES string of the molecule is COCC1C(c2ccccc2)C1(N)C(=O)N(C)OC. The molecule has 3 unspecified atom stereocenters. The molecule has 1 amide bonds. The van der Waals surface area contributed by atoms with E-state index in [0.29, 0.717) is 6.61 Å². The third-order valence-corrected chi connectivity index (χ3v) is 3.86. The van der Waals surface area contributed by atoms with Gasteiger partial charge in [-0.1, -0.05) is 30.3 Å². The van der Waals surface area contributed by atoms with Crippen LogP contribution in [0.1, 0.15) is 11.5 Å². The minimum absolute atomic E-state index is 0.0231. The Hall–Kier alpha value is -1.43. The van der Waals surface area contributed by atoms with Gasteiger partial charge in [-0.05, 0) is 5.56 Å². The van der Waals surface area contributed by atoms with E-state index in [1.165, 1.54) is 12.2 Å². The van der Waals surface area contributed by atoms with E-state index in [2.05, 4.69) is 0 Å². The van der Waals surface area contributed by atoms with Gasteiger partial charge in [0.05, 0.1) is 13.7 Å². The Morgan fingerprint density at radius 1 is 1.37 bits per heavy atom. The Morgan fingerprint density at radius 3 is 2.53 bits per heavy atom. The normalized spacial score (nSPS) is 29.1. The summed E-state index contributed by atoms with van der Waals surface area (Å²) in [7, 11) is 4.64. The molecule has 1 aromatic rings. The Balaban J connectivity index is 2.26. The average Bonchev–Trinajstić information content (AvgIpc) is 3.04. The predicted octanol–water partition coefficient (Wildman–Crippen LogP) is 0.764. The van der Waals surface area contributed by atoms with Crippen molar-refractivity contribution in [3.63, 3.8) is 0 Å². The number of benzene rings is 1. The van der Waals surface area contributed by atoms with Crippen molar-refractivity contribution in [3.8, 4) is 0 Å². The zero-order chi connectivity index (χ0) is 14.0. The summed E-state index contributed by atoms with van der Waals surface area (Å²) in [5.74, 6) is -0.269. The minimum atomic E-state index is -0.942. The average molecular weight is 264 g/mol. The molecule has 1 aliphatic carbocycles. The zero-order valence-electron chi connectivity index (χ0n) is 11.5. The van der Waals surface area contributed by atoms with Crippen LogP contribution in [0.5, 0.6) is 0 Å². The molecule has 2 rings (SSSR count). The molecule has 0 spiro atoms. The van der Waals surface area contributed by atoms with Gasteiger partial charge in [-0.25, -0.2) is 5.06 Å². The largest absolute Gasteiger partial charge is 0.384 e. The summed E-state index contributed by atoms with van der Waals surface area (Å²) in [5, 5.41) is 1.19. The monoisotopic (exact) mass is 264 g/mol. The highest BCUT2D eigenvalue weighted by molar-refractivity contribution is 5.91. The van der Waals surface area contributed by atoms with E-state index in [1.54, 1.807) is 14.2 Å². The van der Waals surface area contributed by atoms with Crippen LogP contribution < -0.4 is 5.73 Å². The molecule has 0 aliphatic heterocycles. The lowest BCUT2D eigenvalue weighted by atomic mass is 10.1. The van der Waals surface area contributed by atoms with Crippen LogP contribution in [0.25, 0.3) is 0 Å². The van der Waals surface area contributed by atoms with Crippen LogP contribution in [0.4, 0.5) is 0 Å². The van der Waals surface area contributed by atoms with Crippen LogP contribution >= 0.6 is 0 Å². The van der Waals surface area contributed by atoms with Crippen LogP contribution in [0, 0.1) is 5.92 Å². The van der Waals surface area contributed by atoms with Crippen molar-refractivity contribution in [1.29, 1.82) is 0 Å². The number of nitrogens with two attached hydrogens (primary N) is 1. The van der Waals surface area contributed by atoms with Gasteiger partial charge >= 0.3 is 0 Å². The molecule has 5 nitrogen and oxygen atoms in total. The fourth-order valence-corrected chi connectivity index (χ4v) is 2.71. The molecule has 104 valence electrons. The fraction of sp³-hybridized carbons (Fsp3) is 0.500. The summed E-state index contributed by atoms with van der Waals surface area (Å²) in [6.07, 6.45) is 0. The molecule has 0 radical (unpaired) electrons. The van der Waals surface area contributed by atoms with Crippen molar-refractivity contribution in [3.05, 3.63) is 35.9 Å². The molecule has 2 N–H and O–H groups in total. The summed E-state index contributed by atoms with van der Waals surface area (Å²) in [4.78, 5) is 17.3. The first-order valence-electron chi connectivity index (χ1n) is 6.22. The van der Waals surface area contributed by atoms with Crippen LogP contribution in [0.3, 0.4) is 0 Å². The number of ether oxygens (including phenoxy) is 1. The number of hydrogen-bond acceptors (Lipinski definition) is 4. The Labute approximate surface area is 113 Å². The highest BCUT2D eigenvalue weighted by atomic mass is 16.7. The Morgan fingerprint density at radius 2 is 2.00 bits per heavy atom. The molecule has 1 fully saturated rings. The van der Waals surface area contributed by atoms with Gasteiger partial charge < -0.3 is 10.5 Å².